The second-order valence-corrected chi connectivity index (χ2v) is 6.18. The molecule has 0 bridgehead atoms. The maximum absolute atomic E-state index is 11.9. The molecule has 0 aromatic heterocycles. The van der Waals surface area contributed by atoms with Gasteiger partial charge in [-0.1, -0.05) is 33.4 Å². The molecule has 1 saturated carbocycles. The van der Waals surface area contributed by atoms with E-state index in [0.29, 0.717) is 6.42 Å². The summed E-state index contributed by atoms with van der Waals surface area (Å²) in [4.78, 5) is 23.8. The summed E-state index contributed by atoms with van der Waals surface area (Å²) < 4.78 is 11.1. The summed E-state index contributed by atoms with van der Waals surface area (Å²) in [6.07, 6.45) is 3.18. The molecule has 1 aliphatic rings. The Morgan fingerprint density at radius 3 is 1.65 bits per heavy atom. The van der Waals surface area contributed by atoms with Crippen LogP contribution in [0.2, 0.25) is 0 Å². The molecule has 0 atom stereocenters. The van der Waals surface area contributed by atoms with Gasteiger partial charge in [0.25, 0.3) is 5.79 Å². The van der Waals surface area contributed by atoms with Crippen molar-refractivity contribution >= 4 is 11.9 Å². The zero-order valence-corrected chi connectivity index (χ0v) is 12.9. The summed E-state index contributed by atoms with van der Waals surface area (Å²) >= 11 is 0. The SMILES string of the molecule is C=C(C)C(=O)OC1(OC(=O)C(=C)C)CCCCC1(C)C. The molecule has 4 nitrogen and oxygen atoms in total. The number of ether oxygens (including phenoxy) is 2. The Balaban J connectivity index is 3.11. The average molecular weight is 280 g/mol. The van der Waals surface area contributed by atoms with Crippen LogP contribution in [0.4, 0.5) is 0 Å². The molecule has 0 amide bonds. The Morgan fingerprint density at radius 1 is 0.900 bits per heavy atom. The quantitative estimate of drug-likeness (QED) is 0.449. The summed E-state index contributed by atoms with van der Waals surface area (Å²) in [5.74, 6) is -2.30. The molecular weight excluding hydrogens is 256 g/mol. The second-order valence-electron chi connectivity index (χ2n) is 6.18. The van der Waals surface area contributed by atoms with Gasteiger partial charge in [0.15, 0.2) is 0 Å². The van der Waals surface area contributed by atoms with Crippen LogP contribution >= 0.6 is 0 Å². The first kappa shape index (κ1) is 16.5. The van der Waals surface area contributed by atoms with Crippen molar-refractivity contribution in [3.8, 4) is 0 Å². The fraction of sp³-hybridized carbons (Fsp3) is 0.625. The van der Waals surface area contributed by atoms with Crippen molar-refractivity contribution in [2.45, 2.75) is 59.2 Å². The van der Waals surface area contributed by atoms with Crippen LogP contribution < -0.4 is 0 Å². The first-order valence-corrected chi connectivity index (χ1v) is 6.89. The van der Waals surface area contributed by atoms with E-state index in [4.69, 9.17) is 9.47 Å². The van der Waals surface area contributed by atoms with Crippen LogP contribution in [0, 0.1) is 5.41 Å². The molecule has 0 aliphatic heterocycles. The number of carbonyl (C=O) groups is 2. The van der Waals surface area contributed by atoms with Crippen molar-refractivity contribution in [2.75, 3.05) is 0 Å². The van der Waals surface area contributed by atoms with Gasteiger partial charge in [-0.2, -0.15) is 0 Å². The highest BCUT2D eigenvalue weighted by molar-refractivity contribution is 5.89. The first-order chi connectivity index (χ1) is 9.11. The van der Waals surface area contributed by atoms with E-state index < -0.39 is 23.1 Å². The lowest BCUT2D eigenvalue weighted by Crippen LogP contribution is -2.53. The van der Waals surface area contributed by atoms with Crippen LogP contribution in [0.5, 0.6) is 0 Å². The third-order valence-corrected chi connectivity index (χ3v) is 3.80. The van der Waals surface area contributed by atoms with E-state index in [1.54, 1.807) is 13.8 Å². The van der Waals surface area contributed by atoms with Crippen LogP contribution in [-0.2, 0) is 19.1 Å². The Kier molecular flexibility index (Phi) is 4.79. The molecule has 4 heteroatoms. The van der Waals surface area contributed by atoms with Gasteiger partial charge in [0, 0.05) is 23.0 Å². The molecule has 0 radical (unpaired) electrons. The minimum atomic E-state index is -1.24. The van der Waals surface area contributed by atoms with Gasteiger partial charge in [0.05, 0.1) is 0 Å². The molecule has 0 spiro atoms. The molecule has 0 aromatic rings. The molecule has 0 aromatic carbocycles. The third kappa shape index (κ3) is 3.30. The zero-order chi connectivity index (χ0) is 15.6. The van der Waals surface area contributed by atoms with Crippen LogP contribution in [0.3, 0.4) is 0 Å². The summed E-state index contributed by atoms with van der Waals surface area (Å²) in [7, 11) is 0. The summed E-state index contributed by atoms with van der Waals surface area (Å²) in [5, 5.41) is 0. The first-order valence-electron chi connectivity index (χ1n) is 6.89. The van der Waals surface area contributed by atoms with E-state index in [-0.39, 0.29) is 11.1 Å². The molecule has 0 saturated heterocycles. The molecule has 1 aliphatic carbocycles. The standard InChI is InChI=1S/C16H24O4/c1-11(2)13(17)19-16(20-14(18)12(3)4)10-8-7-9-15(16,5)6/h1,3,7-10H2,2,4-6H3. The molecular formula is C16H24O4. The van der Waals surface area contributed by atoms with Gasteiger partial charge in [-0.3, -0.25) is 0 Å². The molecule has 0 unspecified atom stereocenters. The maximum Gasteiger partial charge on any atom is 0.336 e. The molecule has 112 valence electrons. The summed E-state index contributed by atoms with van der Waals surface area (Å²) in [6, 6.07) is 0. The average Bonchev–Trinajstić information content (AvgIpc) is 2.32. The van der Waals surface area contributed by atoms with Gasteiger partial charge in [-0.15, -0.1) is 0 Å². The van der Waals surface area contributed by atoms with E-state index in [1.807, 2.05) is 13.8 Å². The van der Waals surface area contributed by atoms with Gasteiger partial charge in [0.2, 0.25) is 0 Å². The predicted octanol–water partition coefficient (Wildman–Crippen LogP) is 3.52. The highest BCUT2D eigenvalue weighted by Gasteiger charge is 2.53. The minimum Gasteiger partial charge on any atom is -0.419 e. The number of hydrogen-bond acceptors (Lipinski definition) is 4. The van der Waals surface area contributed by atoms with Crippen LogP contribution in [0.1, 0.15) is 53.4 Å². The van der Waals surface area contributed by atoms with Crippen LogP contribution in [-0.4, -0.2) is 17.7 Å². The Hall–Kier alpha value is -1.58. The Morgan fingerprint density at radius 2 is 1.30 bits per heavy atom. The van der Waals surface area contributed by atoms with Gasteiger partial charge in [-0.05, 0) is 26.7 Å². The number of esters is 2. The van der Waals surface area contributed by atoms with Crippen molar-refractivity contribution < 1.29 is 19.1 Å². The van der Waals surface area contributed by atoms with Gasteiger partial charge in [0.1, 0.15) is 0 Å². The molecule has 0 heterocycles. The van der Waals surface area contributed by atoms with Crippen molar-refractivity contribution in [1.82, 2.24) is 0 Å². The van der Waals surface area contributed by atoms with Gasteiger partial charge in [-0.25, -0.2) is 9.59 Å². The van der Waals surface area contributed by atoms with E-state index in [1.165, 1.54) is 0 Å². The third-order valence-electron chi connectivity index (χ3n) is 3.80. The molecule has 1 rings (SSSR count). The topological polar surface area (TPSA) is 52.6 Å². The fourth-order valence-electron chi connectivity index (χ4n) is 2.33. The van der Waals surface area contributed by atoms with Crippen molar-refractivity contribution in [2.24, 2.45) is 5.41 Å². The van der Waals surface area contributed by atoms with Crippen molar-refractivity contribution in [3.05, 3.63) is 24.3 Å². The van der Waals surface area contributed by atoms with E-state index >= 15 is 0 Å². The molecule has 20 heavy (non-hydrogen) atoms. The van der Waals surface area contributed by atoms with Crippen molar-refractivity contribution in [1.29, 1.82) is 0 Å². The normalized spacial score (nSPS) is 19.8. The molecule has 1 fully saturated rings. The van der Waals surface area contributed by atoms with E-state index in [0.717, 1.165) is 19.3 Å². The highest BCUT2D eigenvalue weighted by Crippen LogP contribution is 2.47. The number of rotatable bonds is 4. The largest absolute Gasteiger partial charge is 0.419 e. The zero-order valence-electron chi connectivity index (χ0n) is 12.9. The minimum absolute atomic E-state index is 0.289. The lowest BCUT2D eigenvalue weighted by atomic mass is 9.71. The Bertz CT molecular complexity index is 417. The monoisotopic (exact) mass is 280 g/mol. The van der Waals surface area contributed by atoms with Crippen LogP contribution in [0.15, 0.2) is 24.3 Å². The van der Waals surface area contributed by atoms with Crippen LogP contribution in [0.25, 0.3) is 0 Å². The van der Waals surface area contributed by atoms with Gasteiger partial charge < -0.3 is 9.47 Å². The van der Waals surface area contributed by atoms with Gasteiger partial charge >= 0.3 is 11.9 Å². The lowest BCUT2D eigenvalue weighted by molar-refractivity contribution is -0.275. The highest BCUT2D eigenvalue weighted by atomic mass is 16.7. The lowest BCUT2D eigenvalue weighted by Gasteiger charge is -2.47. The fourth-order valence-corrected chi connectivity index (χ4v) is 2.33. The second kappa shape index (κ2) is 5.81. The van der Waals surface area contributed by atoms with Crippen molar-refractivity contribution in [3.63, 3.8) is 0 Å². The molecule has 0 N–H and O–H groups in total. The summed E-state index contributed by atoms with van der Waals surface area (Å²) in [6.45, 7) is 14.2. The Labute approximate surface area is 120 Å². The predicted molar refractivity (Wildman–Crippen MR) is 76.8 cm³/mol. The maximum atomic E-state index is 11.9. The number of carbonyl (C=O) groups excluding carboxylic acids is 2. The summed E-state index contributed by atoms with van der Waals surface area (Å²) in [5.41, 5.74) is 0.135. The number of hydrogen-bond donors (Lipinski definition) is 0. The van der Waals surface area contributed by atoms with E-state index in [2.05, 4.69) is 13.2 Å². The van der Waals surface area contributed by atoms with E-state index in [9.17, 15) is 9.59 Å². The smallest absolute Gasteiger partial charge is 0.336 e.